The Balaban J connectivity index is 1.81. The molecule has 0 radical (unpaired) electrons. The lowest BCUT2D eigenvalue weighted by Gasteiger charge is -2.03. The molecule has 0 bridgehead atoms. The second-order valence-corrected chi connectivity index (χ2v) is 3.31. The van der Waals surface area contributed by atoms with Crippen molar-refractivity contribution in [2.24, 2.45) is 7.05 Å². The fourth-order valence-corrected chi connectivity index (χ4v) is 1.35. The fourth-order valence-electron chi connectivity index (χ4n) is 1.35. The van der Waals surface area contributed by atoms with Gasteiger partial charge in [0.25, 0.3) is 5.91 Å². The van der Waals surface area contributed by atoms with Gasteiger partial charge >= 0.3 is 0 Å². The number of carbonyl (C=O) groups excluding carboxylic acids is 1. The van der Waals surface area contributed by atoms with E-state index in [4.69, 9.17) is 0 Å². The smallest absolute Gasteiger partial charge is 0.273 e. The first-order valence-electron chi connectivity index (χ1n) is 4.88. The predicted octanol–water partition coefficient (Wildman–Crippen LogP) is -0.489. The third-order valence-corrected chi connectivity index (χ3v) is 2.24. The molecule has 0 atom stereocenters. The maximum atomic E-state index is 11.5. The van der Waals surface area contributed by atoms with Crippen LogP contribution in [0.25, 0.3) is 0 Å². The maximum Gasteiger partial charge on any atom is 0.273 e. The van der Waals surface area contributed by atoms with Crippen LogP contribution in [0.4, 0.5) is 0 Å². The van der Waals surface area contributed by atoms with Crippen LogP contribution in [0.15, 0.2) is 18.5 Å². The van der Waals surface area contributed by atoms with Gasteiger partial charge in [0.1, 0.15) is 0 Å². The van der Waals surface area contributed by atoms with E-state index in [1.807, 2.05) is 13.1 Å². The molecular weight excluding hydrogens is 208 g/mol. The van der Waals surface area contributed by atoms with Crippen molar-refractivity contribution in [3.05, 3.63) is 29.8 Å². The Labute approximate surface area is 91.9 Å². The zero-order valence-electron chi connectivity index (χ0n) is 8.84. The Morgan fingerprint density at radius 3 is 3.12 bits per heavy atom. The zero-order chi connectivity index (χ0) is 11.4. The number of aromatic nitrogens is 5. The van der Waals surface area contributed by atoms with E-state index in [1.54, 1.807) is 10.9 Å². The maximum absolute atomic E-state index is 11.5. The number of hydrogen-bond acceptors (Lipinski definition) is 4. The van der Waals surface area contributed by atoms with Gasteiger partial charge in [-0.3, -0.25) is 9.48 Å². The molecule has 84 valence electrons. The number of aromatic amines is 1. The molecule has 2 N–H and O–H groups in total. The first-order valence-corrected chi connectivity index (χ1v) is 4.88. The second kappa shape index (κ2) is 4.56. The summed E-state index contributed by atoms with van der Waals surface area (Å²) in [6, 6.07) is 1.92. The standard InChI is InChI=1S/C9H12N6O/c1-15-7(3-5-12-15)2-4-10-9(16)8-6-11-14-13-8/h3,5-6H,2,4H2,1H3,(H,10,16)(H,11,13,14). The number of aryl methyl sites for hydroxylation is 1. The van der Waals surface area contributed by atoms with Crippen molar-refractivity contribution < 1.29 is 4.79 Å². The average molecular weight is 220 g/mol. The molecule has 1 amide bonds. The summed E-state index contributed by atoms with van der Waals surface area (Å²) < 4.78 is 1.78. The van der Waals surface area contributed by atoms with Crippen molar-refractivity contribution in [1.82, 2.24) is 30.5 Å². The average Bonchev–Trinajstić information content (AvgIpc) is 2.90. The molecule has 2 aromatic heterocycles. The summed E-state index contributed by atoms with van der Waals surface area (Å²) in [4.78, 5) is 11.5. The van der Waals surface area contributed by atoms with E-state index in [2.05, 4.69) is 25.8 Å². The highest BCUT2D eigenvalue weighted by Gasteiger charge is 2.07. The molecule has 0 aliphatic carbocycles. The monoisotopic (exact) mass is 220 g/mol. The topological polar surface area (TPSA) is 88.5 Å². The molecule has 0 fully saturated rings. The van der Waals surface area contributed by atoms with Gasteiger partial charge in [0.2, 0.25) is 0 Å². The minimum atomic E-state index is -0.226. The molecule has 7 heteroatoms. The van der Waals surface area contributed by atoms with E-state index in [0.717, 1.165) is 12.1 Å². The van der Waals surface area contributed by atoms with Gasteiger partial charge in [-0.1, -0.05) is 0 Å². The fraction of sp³-hybridized carbons (Fsp3) is 0.333. The largest absolute Gasteiger partial charge is 0.350 e. The molecule has 2 rings (SSSR count). The van der Waals surface area contributed by atoms with Crippen molar-refractivity contribution in [2.45, 2.75) is 6.42 Å². The van der Waals surface area contributed by atoms with Crippen LogP contribution in [0, 0.1) is 0 Å². The molecule has 0 saturated carbocycles. The summed E-state index contributed by atoms with van der Waals surface area (Å²) in [7, 11) is 1.87. The number of hydrogen-bond donors (Lipinski definition) is 2. The minimum Gasteiger partial charge on any atom is -0.350 e. The number of carbonyl (C=O) groups is 1. The van der Waals surface area contributed by atoms with E-state index in [0.29, 0.717) is 12.2 Å². The Morgan fingerprint density at radius 2 is 2.50 bits per heavy atom. The van der Waals surface area contributed by atoms with Crippen molar-refractivity contribution >= 4 is 5.91 Å². The van der Waals surface area contributed by atoms with Gasteiger partial charge in [0.05, 0.1) is 6.20 Å². The second-order valence-electron chi connectivity index (χ2n) is 3.31. The molecule has 0 aliphatic rings. The summed E-state index contributed by atoms with van der Waals surface area (Å²) in [6.07, 6.45) is 3.86. The lowest BCUT2D eigenvalue weighted by molar-refractivity contribution is 0.0949. The van der Waals surface area contributed by atoms with Gasteiger partial charge in [0, 0.05) is 31.9 Å². The van der Waals surface area contributed by atoms with E-state index in [9.17, 15) is 4.79 Å². The molecule has 0 spiro atoms. The van der Waals surface area contributed by atoms with Crippen molar-refractivity contribution in [3.63, 3.8) is 0 Å². The molecule has 0 unspecified atom stereocenters. The lowest BCUT2D eigenvalue weighted by atomic mass is 10.3. The zero-order valence-corrected chi connectivity index (χ0v) is 8.84. The van der Waals surface area contributed by atoms with E-state index in [1.165, 1.54) is 6.20 Å². The van der Waals surface area contributed by atoms with Crippen LogP contribution in [-0.2, 0) is 13.5 Å². The van der Waals surface area contributed by atoms with Gasteiger partial charge in [-0.05, 0) is 6.07 Å². The third kappa shape index (κ3) is 2.25. The van der Waals surface area contributed by atoms with Crippen molar-refractivity contribution in [3.8, 4) is 0 Å². The highest BCUT2D eigenvalue weighted by molar-refractivity contribution is 5.91. The molecular formula is C9H12N6O. The van der Waals surface area contributed by atoms with Crippen LogP contribution in [0.3, 0.4) is 0 Å². The molecule has 2 aromatic rings. The minimum absolute atomic E-state index is 0.226. The molecule has 0 saturated heterocycles. The highest BCUT2D eigenvalue weighted by Crippen LogP contribution is 1.96. The van der Waals surface area contributed by atoms with Crippen LogP contribution in [0.1, 0.15) is 16.2 Å². The van der Waals surface area contributed by atoms with Crippen LogP contribution in [-0.4, -0.2) is 37.6 Å². The molecule has 16 heavy (non-hydrogen) atoms. The number of nitrogens with one attached hydrogen (secondary N) is 2. The van der Waals surface area contributed by atoms with Gasteiger partial charge < -0.3 is 5.32 Å². The SMILES string of the molecule is Cn1nccc1CCNC(=O)c1cn[nH]n1. The summed E-state index contributed by atoms with van der Waals surface area (Å²) >= 11 is 0. The quantitative estimate of drug-likeness (QED) is 0.727. The van der Waals surface area contributed by atoms with Crippen LogP contribution in [0.2, 0.25) is 0 Å². The number of H-pyrrole nitrogens is 1. The Kier molecular flexibility index (Phi) is 2.95. The predicted molar refractivity (Wildman–Crippen MR) is 55.6 cm³/mol. The molecule has 2 heterocycles. The molecule has 0 aromatic carbocycles. The molecule has 7 nitrogen and oxygen atoms in total. The van der Waals surface area contributed by atoms with Gasteiger partial charge in [0.15, 0.2) is 5.69 Å². The Morgan fingerprint density at radius 1 is 1.62 bits per heavy atom. The summed E-state index contributed by atoms with van der Waals surface area (Å²) in [5.41, 5.74) is 1.37. The Bertz CT molecular complexity index is 460. The van der Waals surface area contributed by atoms with Gasteiger partial charge in [-0.15, -0.1) is 0 Å². The Hall–Kier alpha value is -2.18. The van der Waals surface area contributed by atoms with Crippen molar-refractivity contribution in [2.75, 3.05) is 6.54 Å². The van der Waals surface area contributed by atoms with Crippen LogP contribution >= 0.6 is 0 Å². The van der Waals surface area contributed by atoms with E-state index < -0.39 is 0 Å². The van der Waals surface area contributed by atoms with Gasteiger partial charge in [-0.25, -0.2) is 0 Å². The number of amides is 1. The summed E-state index contributed by atoms with van der Waals surface area (Å²) in [5.74, 6) is -0.226. The third-order valence-electron chi connectivity index (χ3n) is 2.24. The normalized spacial score (nSPS) is 10.3. The first-order chi connectivity index (χ1) is 7.77. The van der Waals surface area contributed by atoms with E-state index >= 15 is 0 Å². The first kappa shape index (κ1) is 10.3. The number of rotatable bonds is 4. The van der Waals surface area contributed by atoms with Crippen molar-refractivity contribution in [1.29, 1.82) is 0 Å². The number of nitrogens with zero attached hydrogens (tertiary/aromatic N) is 4. The lowest BCUT2D eigenvalue weighted by Crippen LogP contribution is -2.26. The van der Waals surface area contributed by atoms with E-state index in [-0.39, 0.29) is 5.91 Å². The highest BCUT2D eigenvalue weighted by atomic mass is 16.1. The van der Waals surface area contributed by atoms with Crippen LogP contribution < -0.4 is 5.32 Å². The van der Waals surface area contributed by atoms with Gasteiger partial charge in [-0.2, -0.15) is 20.5 Å². The summed E-state index contributed by atoms with van der Waals surface area (Å²) in [5, 5.41) is 16.4. The van der Waals surface area contributed by atoms with Crippen LogP contribution in [0.5, 0.6) is 0 Å². The molecule has 0 aliphatic heterocycles. The summed E-state index contributed by atoms with van der Waals surface area (Å²) in [6.45, 7) is 0.547.